The minimum absolute atomic E-state index is 0. The fourth-order valence-corrected chi connectivity index (χ4v) is 22.9. The lowest BCUT2D eigenvalue weighted by Gasteiger charge is -2.44. The Balaban J connectivity index is 0.000000122. The summed E-state index contributed by atoms with van der Waals surface area (Å²) < 4.78 is 60.8. The minimum atomic E-state index is -1.31. The number of halogens is 6. The van der Waals surface area contributed by atoms with E-state index < -0.39 is 74.4 Å². The Morgan fingerprint density at radius 3 is 0.969 bits per heavy atom. The van der Waals surface area contributed by atoms with Gasteiger partial charge in [-0.05, 0) is 130 Å². The van der Waals surface area contributed by atoms with Gasteiger partial charge in [0.05, 0.1) is 37.2 Å². The number of pyridine rings is 4. The van der Waals surface area contributed by atoms with E-state index in [0.29, 0.717) is 76.0 Å². The summed E-state index contributed by atoms with van der Waals surface area (Å²) in [6, 6.07) is 32.0. The Morgan fingerprint density at radius 1 is 0.385 bits per heavy atom. The molecular weight excluding hydrogens is 1740 g/mol. The number of carbonyl (C=O) groups excluding carboxylic acids is 7. The van der Waals surface area contributed by atoms with Gasteiger partial charge in [-0.25, -0.2) is 18.0 Å². The van der Waals surface area contributed by atoms with E-state index in [-0.39, 0.29) is 174 Å². The Bertz CT molecular complexity index is 6250. The first kappa shape index (κ1) is 89.5. The predicted molar refractivity (Wildman–Crippen MR) is 472 cm³/mol. The number of carbonyl (C=O) groups is 8. The number of aromatic carboxylic acids is 1. The summed E-state index contributed by atoms with van der Waals surface area (Å²) in [4.78, 5) is 163. The van der Waals surface area contributed by atoms with E-state index in [1.165, 1.54) is 70.3 Å². The number of rotatable bonds is 16. The van der Waals surface area contributed by atoms with Gasteiger partial charge in [0.1, 0.15) is 52.9 Å². The Labute approximate surface area is 758 Å². The van der Waals surface area contributed by atoms with Crippen molar-refractivity contribution in [3.63, 3.8) is 0 Å². The van der Waals surface area contributed by atoms with Crippen molar-refractivity contribution >= 4 is 82.1 Å². The van der Waals surface area contributed by atoms with E-state index in [2.05, 4.69) is 16.0 Å². The first-order valence-corrected chi connectivity index (χ1v) is 44.5. The van der Waals surface area contributed by atoms with Gasteiger partial charge in [-0.2, -0.15) is 0 Å². The maximum atomic E-state index is 14.4. The van der Waals surface area contributed by atoms with Gasteiger partial charge >= 0.3 is 5.97 Å². The van der Waals surface area contributed by atoms with Gasteiger partial charge in [0.15, 0.2) is 45.8 Å². The molecule has 9 aromatic rings. The van der Waals surface area contributed by atoms with Crippen LogP contribution < -0.4 is 47.1 Å². The first-order valence-electron chi connectivity index (χ1n) is 43.4. The molecule has 4 saturated heterocycles. The van der Waals surface area contributed by atoms with Crippen LogP contribution in [0, 0.1) is 41.1 Å². The predicted octanol–water partition coefficient (Wildman–Crippen LogP) is 13.1. The molecule has 8 bridgehead atoms. The number of aromatic hydroxyl groups is 2. The topological polar surface area (TPSA) is 353 Å². The first-order chi connectivity index (χ1) is 62.0. The van der Waals surface area contributed by atoms with Crippen molar-refractivity contribution in [2.24, 2.45) is 23.7 Å². The fraction of sp³-hybridized carbons (Fsp3) is 0.396. The molecule has 28 nitrogen and oxygen atoms in total. The summed E-state index contributed by atoms with van der Waals surface area (Å²) in [7, 11) is 0. The number of nitrogens with one attached hydrogen (secondary N) is 3. The molecule has 0 radical (unpaired) electrons. The van der Waals surface area contributed by atoms with Crippen LogP contribution in [0.2, 0.25) is 15.1 Å². The normalized spacial score (nSPS) is 23.3. The van der Waals surface area contributed by atoms with Crippen molar-refractivity contribution in [3.8, 4) is 23.0 Å². The fourth-order valence-electron chi connectivity index (χ4n) is 22.3. The molecular formula is C96H95Cl3F3N11O17. The third kappa shape index (κ3) is 16.1. The van der Waals surface area contributed by atoms with Gasteiger partial charge in [-0.3, -0.25) is 52.7 Å². The second-order valence-corrected chi connectivity index (χ2v) is 37.4. The zero-order valence-electron chi connectivity index (χ0n) is 70.0. The van der Waals surface area contributed by atoms with Crippen LogP contribution in [0.1, 0.15) is 221 Å². The number of carboxylic acids is 1. The van der Waals surface area contributed by atoms with Gasteiger partial charge < -0.3 is 78.6 Å². The largest absolute Gasteiger partial charge is 0.503 e. The molecule has 7 amide bonds. The molecule has 12 aliphatic rings. The number of hydrogen-bond donors (Lipinski definition) is 6. The number of amides is 7. The third-order valence-electron chi connectivity index (χ3n) is 28.2. The van der Waals surface area contributed by atoms with Crippen molar-refractivity contribution in [2.75, 3.05) is 26.2 Å². The maximum Gasteiger partial charge on any atom is 0.341 e. The average molecular weight is 1840 g/mol. The van der Waals surface area contributed by atoms with Gasteiger partial charge in [0, 0.05) is 113 Å². The van der Waals surface area contributed by atoms with Crippen LogP contribution in [0.3, 0.4) is 0 Å². The Hall–Kier alpha value is -12.5. The lowest BCUT2D eigenvalue weighted by Crippen LogP contribution is -2.55. The van der Waals surface area contributed by atoms with Crippen LogP contribution in [0.15, 0.2) is 159 Å². The summed E-state index contributed by atoms with van der Waals surface area (Å²) in [6.07, 6.45) is 21.1. The van der Waals surface area contributed by atoms with Crippen molar-refractivity contribution in [1.82, 2.24) is 53.8 Å². The lowest BCUT2D eigenvalue weighted by atomic mass is 9.79. The summed E-state index contributed by atoms with van der Waals surface area (Å²) >= 11 is 17.4. The third-order valence-corrected chi connectivity index (χ3v) is 29.1. The molecule has 8 fully saturated rings. The number of hydrogen-bond acceptors (Lipinski definition) is 16. The van der Waals surface area contributed by atoms with Gasteiger partial charge in [-0.1, -0.05) is 165 Å². The monoisotopic (exact) mass is 1840 g/mol. The molecule has 12 heterocycles. The zero-order valence-corrected chi connectivity index (χ0v) is 72.3. The second kappa shape index (κ2) is 35.4. The van der Waals surface area contributed by atoms with Crippen molar-refractivity contribution < 1.29 is 76.3 Å². The van der Waals surface area contributed by atoms with Crippen LogP contribution in [0.4, 0.5) is 13.2 Å². The number of nitrogens with zero attached hydrogens (tertiary/aromatic N) is 8. The summed E-state index contributed by atoms with van der Waals surface area (Å²) in [5.74, 6) is -6.54. The van der Waals surface area contributed by atoms with Crippen LogP contribution in [0.25, 0.3) is 0 Å². The van der Waals surface area contributed by atoms with E-state index >= 15 is 0 Å². The Kier molecular flexibility index (Phi) is 24.4. The highest BCUT2D eigenvalue weighted by Crippen LogP contribution is 2.53. The van der Waals surface area contributed by atoms with Gasteiger partial charge in [0.2, 0.25) is 21.7 Å². The van der Waals surface area contributed by atoms with E-state index in [4.69, 9.17) is 44.3 Å². The summed E-state index contributed by atoms with van der Waals surface area (Å²) in [5, 5.41) is 38.0. The molecule has 5 aromatic carbocycles. The molecule has 4 saturated carbocycles. The molecule has 4 aromatic heterocycles. The second-order valence-electron chi connectivity index (χ2n) is 36.2. The highest BCUT2D eigenvalue weighted by molar-refractivity contribution is 6.31. The molecule has 678 valence electrons. The zero-order chi connectivity index (χ0) is 90.4. The average Bonchev–Trinajstić information content (AvgIpc) is 1.57. The SMILES string of the molecule is C.O=C(NCc1cccc(Cl)c1F)c1cn2c(c(O)c1=O)C(=O)N1C[C@H]3CCC[C@@]1(C3)C2.O=C(NCc1cccc(Cl)c1F)c1cn2c(c(O)c1=O)C(=O)N1C[C@H]3CCC[C@@]1(C3)C2.O=C(NCc1cccc(Cl)c1F)c1cn2c(c(OCc3ccccc3)c1=O)C(=O)N1C[C@H]3CCC[C@@]1(C3)C2.O=C(O)c1cn2c(c(OCc3ccccc3)c1=O)C(=O)N1C[C@H]3CCC[C@@]1(C3)C2. The molecule has 130 heavy (non-hydrogen) atoms. The van der Waals surface area contributed by atoms with Crippen LogP contribution in [-0.2, 0) is 59.0 Å². The van der Waals surface area contributed by atoms with Crippen LogP contribution in [0.5, 0.6) is 23.0 Å². The summed E-state index contributed by atoms with van der Waals surface area (Å²) in [6.45, 7) is 4.19. The molecule has 34 heteroatoms. The van der Waals surface area contributed by atoms with Crippen LogP contribution >= 0.6 is 34.8 Å². The quantitative estimate of drug-likeness (QED) is 0.0523. The van der Waals surface area contributed by atoms with E-state index in [1.54, 1.807) is 37.1 Å². The lowest BCUT2D eigenvalue weighted by molar-refractivity contribution is 0.0408. The van der Waals surface area contributed by atoms with E-state index in [0.717, 1.165) is 114 Å². The highest BCUT2D eigenvalue weighted by Gasteiger charge is 2.59. The number of fused-ring (bicyclic) bond motifs is 8. The molecule has 21 rings (SSSR count). The maximum absolute atomic E-state index is 14.4. The van der Waals surface area contributed by atoms with Gasteiger partial charge in [0.25, 0.3) is 41.4 Å². The molecule has 8 atom stereocenters. The highest BCUT2D eigenvalue weighted by atomic mass is 35.5. The number of ether oxygens (including phenoxy) is 2. The summed E-state index contributed by atoms with van der Waals surface area (Å²) in [5.41, 5.74) is -3.12. The van der Waals surface area contributed by atoms with E-state index in [9.17, 15) is 86.0 Å². The molecule has 6 N–H and O–H groups in total. The minimum Gasteiger partial charge on any atom is -0.503 e. The number of benzene rings is 5. The smallest absolute Gasteiger partial charge is 0.341 e. The van der Waals surface area contributed by atoms with Crippen molar-refractivity contribution in [3.05, 3.63) is 286 Å². The van der Waals surface area contributed by atoms with Crippen molar-refractivity contribution in [2.45, 2.75) is 191 Å². The molecule has 8 aliphatic heterocycles. The standard InChI is InChI=1S/C29H27ClFN3O4.2C22H21ClFN3O4.C22H22N2O5.CH4/c30-22-10-4-9-20(23(22)31)13-32-27(36)21-15-33-17-29-11-5-8-19(12-29)14-34(29)28(37)24(33)26(25(21)35)38-16-18-6-2-1-3-7-18;2*23-15-5-1-4-13(16(15)24)8-25-20(30)14-10-26-11-22-6-2-3-12(7-22)9-27(22)21(31)17(26)19(29)18(14)28;25-18-16(21(27)28)11-23-13-22-8-4-7-15(9-22)10-24(22)20(26)17(23)19(18)29-12-14-5-2-1-3-6-14;/h1-4,6-7,9-10,15,19H,5,8,11-14,16-17H2,(H,32,36);2*1,4-5,10,12,29H,2-3,6-9,11H2,(H,25,30);1-3,5-6,11,15H,4,7-10,12-13H2,(H,27,28);1H4/t19-,29+;2*12-,22+;15-,22+;/m0000./s1. The molecule has 0 unspecified atom stereocenters. The van der Waals surface area contributed by atoms with Gasteiger partial charge in [-0.15, -0.1) is 0 Å². The number of aromatic nitrogens is 4. The Morgan fingerprint density at radius 2 is 0.662 bits per heavy atom. The van der Waals surface area contributed by atoms with Crippen molar-refractivity contribution in [1.29, 1.82) is 0 Å². The van der Waals surface area contributed by atoms with E-state index in [1.807, 2.05) is 70.5 Å². The van der Waals surface area contributed by atoms with Crippen LogP contribution in [-0.4, -0.2) is 149 Å². The number of carboxylic acid groups (broad SMARTS) is 1. The molecule has 4 spiro atoms. The molecule has 4 aliphatic carbocycles.